The number of benzene rings is 2. The highest BCUT2D eigenvalue weighted by atomic mass is 35.5. The minimum Gasteiger partial charge on any atom is -0.483 e. The largest absolute Gasteiger partial charge is 0.573 e. The van der Waals surface area contributed by atoms with Gasteiger partial charge >= 0.3 is 12.1 Å². The molecule has 13 heteroatoms. The van der Waals surface area contributed by atoms with E-state index in [0.717, 1.165) is 16.5 Å². The molecule has 3 rings (SSSR count). The number of hydrogen-bond donors (Lipinski definition) is 2. The molecule has 39 heavy (non-hydrogen) atoms. The molecule has 0 spiro atoms. The van der Waals surface area contributed by atoms with Crippen molar-refractivity contribution < 1.29 is 27.8 Å². The molecule has 3 aromatic rings. The summed E-state index contributed by atoms with van der Waals surface area (Å²) in [6, 6.07) is 12.7. The molecule has 0 aliphatic rings. The van der Waals surface area contributed by atoms with Gasteiger partial charge in [0.1, 0.15) is 11.4 Å². The van der Waals surface area contributed by atoms with Crippen LogP contribution >= 0.6 is 11.6 Å². The van der Waals surface area contributed by atoms with Crippen LogP contribution in [0.25, 0.3) is 0 Å². The van der Waals surface area contributed by atoms with Crippen LogP contribution in [0.5, 0.6) is 5.75 Å². The lowest BCUT2D eigenvalue weighted by Crippen LogP contribution is -2.40. The molecule has 0 bridgehead atoms. The number of nitrogens with one attached hydrogen (secondary N) is 1. The van der Waals surface area contributed by atoms with Gasteiger partial charge in [-0.2, -0.15) is 0 Å². The first kappa shape index (κ1) is 29.8. The molecule has 0 aliphatic carbocycles. The van der Waals surface area contributed by atoms with Gasteiger partial charge in [-0.15, -0.1) is 13.2 Å². The zero-order valence-corrected chi connectivity index (χ0v) is 21.8. The molecule has 0 unspecified atom stereocenters. The predicted octanol–water partition coefficient (Wildman–Crippen LogP) is 4.40. The standard InChI is InChI=1S/C26H28ClF3N4O5/c1-33-23(32-17-38-14-3-6-18-5-2-7-21(15-18)39-26(28,29)30)22(24(36)34(25(33)37)12-4-13-35)31-16-19-8-10-20(27)11-9-19/h2,5,7-11,15,17,31,35H,3-4,6,12-14,16H2,1H3. The molecule has 0 aliphatic heterocycles. The van der Waals surface area contributed by atoms with Gasteiger partial charge in [0, 0.05) is 31.8 Å². The number of aliphatic hydroxyl groups is 1. The second kappa shape index (κ2) is 13.9. The summed E-state index contributed by atoms with van der Waals surface area (Å²) in [5, 5.41) is 12.8. The third-order valence-corrected chi connectivity index (χ3v) is 5.80. The number of hydrogen-bond acceptors (Lipinski definition) is 7. The van der Waals surface area contributed by atoms with Crippen molar-refractivity contribution in [2.24, 2.45) is 12.0 Å². The molecule has 2 aromatic carbocycles. The number of aliphatic hydroxyl groups excluding tert-OH is 1. The summed E-state index contributed by atoms with van der Waals surface area (Å²) in [6.45, 7) is 0.290. The van der Waals surface area contributed by atoms with Crippen LogP contribution < -0.4 is 21.3 Å². The van der Waals surface area contributed by atoms with E-state index in [-0.39, 0.29) is 50.0 Å². The molecule has 210 valence electrons. The smallest absolute Gasteiger partial charge is 0.483 e. The predicted molar refractivity (Wildman–Crippen MR) is 142 cm³/mol. The first-order chi connectivity index (χ1) is 18.6. The van der Waals surface area contributed by atoms with Crippen molar-refractivity contribution in [1.29, 1.82) is 0 Å². The van der Waals surface area contributed by atoms with E-state index >= 15 is 0 Å². The SMILES string of the molecule is Cn1c(N=COCCCc2cccc(OC(F)(F)F)c2)c(NCc2ccc(Cl)cc2)c(=O)n(CCCO)c1=O. The van der Waals surface area contributed by atoms with Gasteiger partial charge in [-0.05, 0) is 54.7 Å². The lowest BCUT2D eigenvalue weighted by Gasteiger charge is -2.15. The molecule has 0 atom stereocenters. The minimum atomic E-state index is -4.76. The van der Waals surface area contributed by atoms with Crippen molar-refractivity contribution in [3.05, 3.63) is 85.5 Å². The summed E-state index contributed by atoms with van der Waals surface area (Å²) in [7, 11) is 1.47. The normalized spacial score (nSPS) is 11.6. The lowest BCUT2D eigenvalue weighted by molar-refractivity contribution is -0.274. The second-order valence-corrected chi connectivity index (χ2v) is 8.89. The number of rotatable bonds is 13. The Labute approximate surface area is 227 Å². The molecule has 1 heterocycles. The number of aromatic nitrogens is 2. The van der Waals surface area contributed by atoms with Crippen LogP contribution in [0.4, 0.5) is 24.7 Å². The Morgan fingerprint density at radius 3 is 2.54 bits per heavy atom. The quantitative estimate of drug-likeness (QED) is 0.180. The lowest BCUT2D eigenvalue weighted by atomic mass is 10.1. The van der Waals surface area contributed by atoms with Crippen LogP contribution in [0.2, 0.25) is 5.02 Å². The van der Waals surface area contributed by atoms with Gasteiger partial charge in [0.25, 0.3) is 5.56 Å². The van der Waals surface area contributed by atoms with Gasteiger partial charge in [-0.3, -0.25) is 13.9 Å². The number of alkyl halides is 3. The van der Waals surface area contributed by atoms with Gasteiger partial charge in [0.15, 0.2) is 12.2 Å². The molecule has 9 nitrogen and oxygen atoms in total. The molecule has 0 saturated carbocycles. The monoisotopic (exact) mass is 568 g/mol. The molecule has 0 radical (unpaired) electrons. The summed E-state index contributed by atoms with van der Waals surface area (Å²) in [4.78, 5) is 30.1. The summed E-state index contributed by atoms with van der Waals surface area (Å²) in [5.41, 5.74) is 0.365. The van der Waals surface area contributed by atoms with Gasteiger partial charge in [-0.1, -0.05) is 35.9 Å². The Balaban J connectivity index is 1.70. The van der Waals surface area contributed by atoms with E-state index in [9.17, 15) is 22.8 Å². The maximum Gasteiger partial charge on any atom is 0.573 e. The number of aryl methyl sites for hydroxylation is 1. The zero-order valence-electron chi connectivity index (χ0n) is 21.1. The number of ether oxygens (including phenoxy) is 2. The average Bonchev–Trinajstić information content (AvgIpc) is 2.88. The second-order valence-electron chi connectivity index (χ2n) is 8.46. The van der Waals surface area contributed by atoms with E-state index in [1.807, 2.05) is 0 Å². The molecule has 1 aromatic heterocycles. The van der Waals surface area contributed by atoms with Crippen LogP contribution in [-0.2, 0) is 31.3 Å². The van der Waals surface area contributed by atoms with Crippen LogP contribution in [0.3, 0.4) is 0 Å². The fraction of sp³-hybridized carbons (Fsp3) is 0.346. The van der Waals surface area contributed by atoms with Crippen molar-refractivity contribution in [2.45, 2.75) is 38.7 Å². The van der Waals surface area contributed by atoms with Gasteiger partial charge in [0.2, 0.25) is 0 Å². The van der Waals surface area contributed by atoms with Crippen LogP contribution in [0.15, 0.2) is 63.1 Å². The van der Waals surface area contributed by atoms with Crippen molar-refractivity contribution in [1.82, 2.24) is 9.13 Å². The highest BCUT2D eigenvalue weighted by Gasteiger charge is 2.31. The van der Waals surface area contributed by atoms with E-state index in [4.69, 9.17) is 21.4 Å². The Hall–Kier alpha value is -3.77. The third-order valence-electron chi connectivity index (χ3n) is 5.55. The van der Waals surface area contributed by atoms with Crippen LogP contribution in [-0.4, -0.2) is 40.2 Å². The Kier molecular flexibility index (Phi) is 10.6. The first-order valence-electron chi connectivity index (χ1n) is 12.0. The van der Waals surface area contributed by atoms with Gasteiger partial charge < -0.3 is 19.9 Å². The molecular weight excluding hydrogens is 541 g/mol. The molecule has 2 N–H and O–H groups in total. The minimum absolute atomic E-state index is 0.0351. The van der Waals surface area contributed by atoms with E-state index in [0.29, 0.717) is 23.4 Å². The third kappa shape index (κ3) is 8.89. The molecular formula is C26H28ClF3N4O5. The van der Waals surface area contributed by atoms with Gasteiger partial charge in [0.05, 0.1) is 6.61 Å². The van der Waals surface area contributed by atoms with E-state index in [1.165, 1.54) is 29.8 Å². The summed E-state index contributed by atoms with van der Waals surface area (Å²) < 4.78 is 48.8. The molecule has 0 fully saturated rings. The van der Waals surface area contributed by atoms with E-state index in [1.54, 1.807) is 30.3 Å². The topological polar surface area (TPSA) is 107 Å². The van der Waals surface area contributed by atoms with Crippen LogP contribution in [0.1, 0.15) is 24.0 Å². The highest BCUT2D eigenvalue weighted by Crippen LogP contribution is 2.24. The van der Waals surface area contributed by atoms with Crippen LogP contribution in [0, 0.1) is 0 Å². The van der Waals surface area contributed by atoms with Gasteiger partial charge in [-0.25, -0.2) is 9.79 Å². The molecule has 0 amide bonds. The Morgan fingerprint density at radius 2 is 1.85 bits per heavy atom. The van der Waals surface area contributed by atoms with Crippen molar-refractivity contribution in [3.8, 4) is 5.75 Å². The average molecular weight is 569 g/mol. The Morgan fingerprint density at radius 1 is 1.10 bits per heavy atom. The van der Waals surface area contributed by atoms with Crippen molar-refractivity contribution >= 4 is 29.5 Å². The fourth-order valence-electron chi connectivity index (χ4n) is 3.68. The van der Waals surface area contributed by atoms with Crippen molar-refractivity contribution in [2.75, 3.05) is 18.5 Å². The number of halogens is 4. The first-order valence-corrected chi connectivity index (χ1v) is 12.4. The maximum atomic E-state index is 13.1. The maximum absolute atomic E-state index is 13.1. The van der Waals surface area contributed by atoms with E-state index in [2.05, 4.69) is 15.0 Å². The summed E-state index contributed by atoms with van der Waals surface area (Å²) in [5.74, 6) is -0.244. The van der Waals surface area contributed by atoms with Crippen molar-refractivity contribution in [3.63, 3.8) is 0 Å². The summed E-state index contributed by atoms with van der Waals surface area (Å²) >= 11 is 5.93. The summed E-state index contributed by atoms with van der Waals surface area (Å²) in [6.07, 6.45) is -2.53. The number of aliphatic imine (C=N–C) groups is 1. The fourth-order valence-corrected chi connectivity index (χ4v) is 3.81. The number of anilines is 1. The number of nitrogens with zero attached hydrogens (tertiary/aromatic N) is 3. The highest BCUT2D eigenvalue weighted by molar-refractivity contribution is 6.30. The molecule has 0 saturated heterocycles. The Bertz CT molecular complexity index is 1390. The van der Waals surface area contributed by atoms with E-state index < -0.39 is 17.6 Å². The zero-order chi connectivity index (χ0) is 28.4.